The minimum absolute atomic E-state index is 0.0877. The summed E-state index contributed by atoms with van der Waals surface area (Å²) in [5.41, 5.74) is 4.04. The van der Waals surface area contributed by atoms with E-state index in [4.69, 9.17) is 4.74 Å². The monoisotopic (exact) mass is 356 g/mol. The fourth-order valence-electron chi connectivity index (χ4n) is 5.76. The Labute approximate surface area is 157 Å². The van der Waals surface area contributed by atoms with E-state index in [1.807, 2.05) is 6.08 Å². The van der Waals surface area contributed by atoms with Crippen LogP contribution in [-0.2, 0) is 14.3 Å². The second-order valence-corrected chi connectivity index (χ2v) is 8.18. The number of ketones is 1. The van der Waals surface area contributed by atoms with Gasteiger partial charge in [0.05, 0.1) is 0 Å². The van der Waals surface area contributed by atoms with Gasteiger partial charge in [-0.2, -0.15) is 0 Å². The second-order valence-electron chi connectivity index (χ2n) is 8.18. The molecule has 1 unspecified atom stereocenters. The maximum absolute atomic E-state index is 11.8. The van der Waals surface area contributed by atoms with Crippen LogP contribution in [0.1, 0.15) is 72.6 Å². The van der Waals surface area contributed by atoms with Gasteiger partial charge in [0.15, 0.2) is 5.78 Å². The first-order valence-electron chi connectivity index (χ1n) is 10.3. The number of allylic oxidation sites excluding steroid dienone is 5. The maximum Gasteiger partial charge on any atom is 0.302 e. The normalized spacial score (nSPS) is 31.8. The van der Waals surface area contributed by atoms with E-state index in [2.05, 4.69) is 32.9 Å². The van der Waals surface area contributed by atoms with Crippen molar-refractivity contribution < 1.29 is 14.3 Å². The number of ether oxygens (including phenoxy) is 1. The third-order valence-corrected chi connectivity index (χ3v) is 6.79. The summed E-state index contributed by atoms with van der Waals surface area (Å²) in [4.78, 5) is 23.5. The summed E-state index contributed by atoms with van der Waals surface area (Å²) in [6, 6.07) is 0. The van der Waals surface area contributed by atoms with Gasteiger partial charge in [-0.15, -0.1) is 0 Å². The lowest BCUT2D eigenvalue weighted by Gasteiger charge is -2.50. The zero-order chi connectivity index (χ0) is 18.9. The fraction of sp³-hybridized carbons (Fsp3) is 0.652. The Kier molecular flexibility index (Phi) is 5.55. The molecule has 3 aliphatic carbocycles. The number of hydrogen-bond acceptors (Lipinski definition) is 3. The van der Waals surface area contributed by atoms with Crippen LogP contribution in [0.5, 0.6) is 0 Å². The summed E-state index contributed by atoms with van der Waals surface area (Å²) in [7, 11) is 0. The quantitative estimate of drug-likeness (QED) is 0.626. The molecule has 3 rings (SSSR count). The standard InChI is InChI=1S/C23H32O3/c1-5-12-23(15(3)26-16(4)24)13-11-20-19-10-8-18(25)14-17(19)7-9-21(20)22(23)6-2/h11,13-15,21-22H,5-10,12H2,1-4H3/t15?,21-,22+,23-/m1/s1. The summed E-state index contributed by atoms with van der Waals surface area (Å²) in [5.74, 6) is 1.07. The average Bonchev–Trinajstić information content (AvgIpc) is 2.60. The van der Waals surface area contributed by atoms with E-state index in [1.165, 1.54) is 23.6 Å². The molecule has 142 valence electrons. The third-order valence-electron chi connectivity index (χ3n) is 6.79. The van der Waals surface area contributed by atoms with Gasteiger partial charge in [-0.3, -0.25) is 9.59 Å². The Morgan fingerprint density at radius 2 is 2.08 bits per heavy atom. The van der Waals surface area contributed by atoms with Crippen molar-refractivity contribution in [1.29, 1.82) is 0 Å². The van der Waals surface area contributed by atoms with Crippen molar-refractivity contribution in [3.05, 3.63) is 34.9 Å². The number of esters is 1. The zero-order valence-electron chi connectivity index (χ0n) is 16.6. The molecule has 0 N–H and O–H groups in total. The van der Waals surface area contributed by atoms with Gasteiger partial charge < -0.3 is 4.74 Å². The number of hydrogen-bond donors (Lipinski definition) is 0. The van der Waals surface area contributed by atoms with Crippen LogP contribution < -0.4 is 0 Å². The van der Waals surface area contributed by atoms with E-state index < -0.39 is 0 Å². The van der Waals surface area contributed by atoms with Crippen molar-refractivity contribution in [2.75, 3.05) is 0 Å². The first-order chi connectivity index (χ1) is 12.4. The fourth-order valence-corrected chi connectivity index (χ4v) is 5.76. The van der Waals surface area contributed by atoms with Gasteiger partial charge in [-0.25, -0.2) is 0 Å². The molecular formula is C23H32O3. The van der Waals surface area contributed by atoms with Gasteiger partial charge in [0.2, 0.25) is 0 Å². The SMILES string of the molecule is CCC[C@]1(C(C)OC(C)=O)C=CC2=C3CCC(=O)C=C3CC[C@H]2[C@@H]1CC. The molecular weight excluding hydrogens is 324 g/mol. The van der Waals surface area contributed by atoms with E-state index in [0.29, 0.717) is 18.3 Å². The zero-order valence-corrected chi connectivity index (χ0v) is 16.6. The van der Waals surface area contributed by atoms with Gasteiger partial charge in [0.1, 0.15) is 6.10 Å². The Bertz CT molecular complexity index is 682. The lowest BCUT2D eigenvalue weighted by molar-refractivity contribution is -0.154. The molecule has 0 saturated carbocycles. The van der Waals surface area contributed by atoms with Crippen molar-refractivity contribution in [2.45, 2.75) is 78.7 Å². The Hall–Kier alpha value is -1.64. The topological polar surface area (TPSA) is 43.4 Å². The lowest BCUT2D eigenvalue weighted by atomic mass is 9.55. The van der Waals surface area contributed by atoms with Crippen molar-refractivity contribution >= 4 is 11.8 Å². The van der Waals surface area contributed by atoms with Crippen LogP contribution in [0, 0.1) is 17.3 Å². The molecule has 3 aliphatic rings. The molecule has 0 heterocycles. The Balaban J connectivity index is 2.07. The molecule has 3 nitrogen and oxygen atoms in total. The molecule has 0 amide bonds. The van der Waals surface area contributed by atoms with Crippen molar-refractivity contribution in [2.24, 2.45) is 17.3 Å². The number of rotatable bonds is 5. The molecule has 0 aromatic rings. The van der Waals surface area contributed by atoms with Crippen LogP contribution >= 0.6 is 0 Å². The molecule has 0 spiro atoms. The summed E-state index contributed by atoms with van der Waals surface area (Å²) >= 11 is 0. The van der Waals surface area contributed by atoms with E-state index in [0.717, 1.165) is 38.5 Å². The predicted molar refractivity (Wildman–Crippen MR) is 104 cm³/mol. The van der Waals surface area contributed by atoms with Gasteiger partial charge in [-0.1, -0.05) is 38.8 Å². The van der Waals surface area contributed by atoms with Gasteiger partial charge in [-0.05, 0) is 67.2 Å². The minimum atomic E-state index is -0.194. The first-order valence-corrected chi connectivity index (χ1v) is 10.3. The molecule has 0 radical (unpaired) electrons. The van der Waals surface area contributed by atoms with E-state index in [-0.39, 0.29) is 23.3 Å². The van der Waals surface area contributed by atoms with Gasteiger partial charge >= 0.3 is 5.97 Å². The minimum Gasteiger partial charge on any atom is -0.462 e. The highest BCUT2D eigenvalue weighted by Crippen LogP contribution is 2.55. The average molecular weight is 357 g/mol. The van der Waals surface area contributed by atoms with Crippen LogP contribution in [0.3, 0.4) is 0 Å². The number of carbonyl (C=O) groups is 2. The molecule has 0 bridgehead atoms. The third kappa shape index (κ3) is 3.21. The van der Waals surface area contributed by atoms with Crippen LogP contribution in [-0.4, -0.2) is 17.9 Å². The van der Waals surface area contributed by atoms with Gasteiger partial charge in [0, 0.05) is 18.8 Å². The highest BCUT2D eigenvalue weighted by atomic mass is 16.5. The van der Waals surface area contributed by atoms with Crippen LogP contribution in [0.25, 0.3) is 0 Å². The number of fused-ring (bicyclic) bond motifs is 2. The van der Waals surface area contributed by atoms with E-state index >= 15 is 0 Å². The first kappa shape index (κ1) is 19.1. The predicted octanol–water partition coefficient (Wildman–Crippen LogP) is 5.32. The van der Waals surface area contributed by atoms with E-state index in [1.54, 1.807) is 0 Å². The Morgan fingerprint density at radius 1 is 1.31 bits per heavy atom. The summed E-state index contributed by atoms with van der Waals surface area (Å²) in [5, 5.41) is 0. The highest BCUT2D eigenvalue weighted by molar-refractivity contribution is 5.93. The summed E-state index contributed by atoms with van der Waals surface area (Å²) in [6.07, 6.45) is 13.2. The highest BCUT2D eigenvalue weighted by Gasteiger charge is 2.49. The largest absolute Gasteiger partial charge is 0.462 e. The van der Waals surface area contributed by atoms with Crippen molar-refractivity contribution in [3.8, 4) is 0 Å². The Morgan fingerprint density at radius 3 is 2.73 bits per heavy atom. The lowest BCUT2D eigenvalue weighted by Crippen LogP contribution is -2.47. The smallest absolute Gasteiger partial charge is 0.302 e. The van der Waals surface area contributed by atoms with Crippen molar-refractivity contribution in [3.63, 3.8) is 0 Å². The molecule has 0 aliphatic heterocycles. The van der Waals surface area contributed by atoms with Crippen LogP contribution in [0.4, 0.5) is 0 Å². The molecule has 3 heteroatoms. The molecule has 0 fully saturated rings. The summed E-state index contributed by atoms with van der Waals surface area (Å²) in [6.45, 7) is 8.06. The van der Waals surface area contributed by atoms with Crippen LogP contribution in [0.2, 0.25) is 0 Å². The molecule has 0 aromatic heterocycles. The van der Waals surface area contributed by atoms with E-state index in [9.17, 15) is 9.59 Å². The molecule has 0 aromatic carbocycles. The second kappa shape index (κ2) is 7.54. The van der Waals surface area contributed by atoms with Gasteiger partial charge in [0.25, 0.3) is 0 Å². The van der Waals surface area contributed by atoms with Crippen LogP contribution in [0.15, 0.2) is 34.9 Å². The summed E-state index contributed by atoms with van der Waals surface area (Å²) < 4.78 is 5.72. The molecule has 26 heavy (non-hydrogen) atoms. The molecule has 0 saturated heterocycles. The van der Waals surface area contributed by atoms with Crippen molar-refractivity contribution in [1.82, 2.24) is 0 Å². The number of carbonyl (C=O) groups excluding carboxylic acids is 2. The molecule has 4 atom stereocenters. The maximum atomic E-state index is 11.8.